The molecule has 0 saturated heterocycles. The fourth-order valence-electron chi connectivity index (χ4n) is 2.38. The first-order valence-electron chi connectivity index (χ1n) is 7.80. The summed E-state index contributed by atoms with van der Waals surface area (Å²) in [5.74, 6) is 0.448. The first-order chi connectivity index (χ1) is 11.0. The van der Waals surface area contributed by atoms with E-state index in [4.69, 9.17) is 10.1 Å². The molecule has 0 amide bonds. The van der Waals surface area contributed by atoms with Gasteiger partial charge in [0, 0.05) is 18.1 Å². The topological polar surface area (TPSA) is 50.2 Å². The predicted molar refractivity (Wildman–Crippen MR) is 90.1 cm³/mol. The van der Waals surface area contributed by atoms with Gasteiger partial charge in [-0.2, -0.15) is 0 Å². The van der Waals surface area contributed by atoms with Gasteiger partial charge >= 0.3 is 0 Å². The van der Waals surface area contributed by atoms with Crippen molar-refractivity contribution in [2.75, 3.05) is 6.61 Å². The lowest BCUT2D eigenvalue weighted by Gasteiger charge is -2.17. The molecule has 23 heavy (non-hydrogen) atoms. The molecule has 4 heteroatoms. The molecule has 1 aromatic carbocycles. The third-order valence-corrected chi connectivity index (χ3v) is 3.76. The Hall–Kier alpha value is -2.23. The molecule has 0 fully saturated rings. The van der Waals surface area contributed by atoms with Gasteiger partial charge in [0.1, 0.15) is 11.6 Å². The average molecular weight is 315 g/mol. The van der Waals surface area contributed by atoms with Crippen LogP contribution < -0.4 is 4.74 Å². The van der Waals surface area contributed by atoms with Crippen molar-refractivity contribution < 1.29 is 13.9 Å². The number of benzene rings is 1. The van der Waals surface area contributed by atoms with Crippen LogP contribution in [0.3, 0.4) is 0 Å². The monoisotopic (exact) mass is 315 g/mol. The van der Waals surface area contributed by atoms with Crippen molar-refractivity contribution in [2.24, 2.45) is 5.92 Å². The fraction of sp³-hybridized carbons (Fsp3) is 0.368. The highest BCUT2D eigenvalue weighted by molar-refractivity contribution is 6.00. The van der Waals surface area contributed by atoms with Gasteiger partial charge in [-0.15, -0.1) is 0 Å². The van der Waals surface area contributed by atoms with Crippen molar-refractivity contribution in [3.05, 3.63) is 53.4 Å². The molecule has 2 rings (SSSR count). The molecule has 1 unspecified atom stereocenters. The summed E-state index contributed by atoms with van der Waals surface area (Å²) in [5, 5.41) is 7.45. The molecule has 0 aromatic heterocycles. The molecule has 1 aliphatic carbocycles. The Bertz CT molecular complexity index is 661. The van der Waals surface area contributed by atoms with Gasteiger partial charge in [0.25, 0.3) is 0 Å². The number of carbonyl (C=O) groups excluding carboxylic acids is 1. The van der Waals surface area contributed by atoms with E-state index in [2.05, 4.69) is 0 Å². The van der Waals surface area contributed by atoms with E-state index >= 15 is 0 Å². The number of Topliss-reactive ketones (excluding diaryl/α,β-unsaturated/α-hetero) is 1. The molecule has 0 heterocycles. The molecular formula is C19H22FNO2. The van der Waals surface area contributed by atoms with Crippen LogP contribution in [0.15, 0.2) is 42.3 Å². The van der Waals surface area contributed by atoms with Crippen molar-refractivity contribution >= 4 is 11.5 Å². The maximum absolute atomic E-state index is 13.0. The standard InChI is InChI=1S/C19H22FNO2/c1-13-3-10-19(17(11-13)18(22)9-4-14(2)21)23-12-15-5-7-16(20)8-6-15/h3,5,7-8,10-11,15,21H,4,6,9,12H2,1-2H3. The molecule has 0 radical (unpaired) electrons. The van der Waals surface area contributed by atoms with Gasteiger partial charge in [-0.3, -0.25) is 4.79 Å². The third kappa shape index (κ3) is 5.16. The second-order valence-corrected chi connectivity index (χ2v) is 5.96. The van der Waals surface area contributed by atoms with Gasteiger partial charge in [-0.05, 0) is 51.0 Å². The minimum Gasteiger partial charge on any atom is -0.492 e. The van der Waals surface area contributed by atoms with Crippen LogP contribution in [0.25, 0.3) is 0 Å². The molecule has 1 aromatic rings. The number of ketones is 1. The van der Waals surface area contributed by atoms with Crippen LogP contribution in [0.2, 0.25) is 0 Å². The van der Waals surface area contributed by atoms with Crippen LogP contribution in [0.5, 0.6) is 5.75 Å². The van der Waals surface area contributed by atoms with Gasteiger partial charge < -0.3 is 10.1 Å². The van der Waals surface area contributed by atoms with E-state index < -0.39 is 0 Å². The lowest BCUT2D eigenvalue weighted by atomic mass is 10.0. The Kier molecular flexibility index (Phi) is 5.85. The Morgan fingerprint density at radius 3 is 2.83 bits per heavy atom. The van der Waals surface area contributed by atoms with Crippen LogP contribution in [0.1, 0.15) is 42.1 Å². The van der Waals surface area contributed by atoms with E-state index in [-0.39, 0.29) is 17.5 Å². The van der Waals surface area contributed by atoms with Crippen LogP contribution in [0, 0.1) is 18.3 Å². The van der Waals surface area contributed by atoms with E-state index in [1.807, 2.05) is 25.1 Å². The zero-order chi connectivity index (χ0) is 16.8. The van der Waals surface area contributed by atoms with Crippen molar-refractivity contribution in [1.29, 1.82) is 5.41 Å². The quantitative estimate of drug-likeness (QED) is 0.580. The number of ether oxygens (including phenoxy) is 1. The van der Waals surface area contributed by atoms with Crippen molar-refractivity contribution in [3.8, 4) is 5.75 Å². The van der Waals surface area contributed by atoms with Crippen molar-refractivity contribution in [2.45, 2.75) is 33.1 Å². The number of allylic oxidation sites excluding steroid dienone is 3. The van der Waals surface area contributed by atoms with E-state index in [0.29, 0.717) is 42.9 Å². The molecule has 0 aliphatic heterocycles. The summed E-state index contributed by atoms with van der Waals surface area (Å²) in [7, 11) is 0. The third-order valence-electron chi connectivity index (χ3n) is 3.76. The van der Waals surface area contributed by atoms with Gasteiger partial charge in [0.15, 0.2) is 5.78 Å². The van der Waals surface area contributed by atoms with Crippen molar-refractivity contribution in [3.63, 3.8) is 0 Å². The lowest BCUT2D eigenvalue weighted by molar-refractivity contribution is 0.0980. The second-order valence-electron chi connectivity index (χ2n) is 5.96. The summed E-state index contributed by atoms with van der Waals surface area (Å²) in [6.07, 6.45) is 6.16. The Labute approximate surface area is 136 Å². The number of carbonyl (C=O) groups is 1. The highest BCUT2D eigenvalue weighted by Crippen LogP contribution is 2.24. The number of halogens is 1. The molecule has 3 nitrogen and oxygen atoms in total. The highest BCUT2D eigenvalue weighted by Gasteiger charge is 2.15. The van der Waals surface area contributed by atoms with Crippen LogP contribution in [-0.2, 0) is 0 Å². The number of hydrogen-bond acceptors (Lipinski definition) is 3. The Morgan fingerprint density at radius 1 is 1.39 bits per heavy atom. The van der Waals surface area contributed by atoms with Crippen LogP contribution in [-0.4, -0.2) is 18.1 Å². The summed E-state index contributed by atoms with van der Waals surface area (Å²) in [6.45, 7) is 4.04. The summed E-state index contributed by atoms with van der Waals surface area (Å²) in [4.78, 5) is 12.4. The zero-order valence-electron chi connectivity index (χ0n) is 13.6. The van der Waals surface area contributed by atoms with Gasteiger partial charge in [0.2, 0.25) is 0 Å². The van der Waals surface area contributed by atoms with E-state index in [1.165, 1.54) is 6.08 Å². The smallest absolute Gasteiger partial charge is 0.166 e. The minimum absolute atomic E-state index is 0.0135. The molecule has 0 saturated carbocycles. The molecule has 1 aliphatic rings. The fourth-order valence-corrected chi connectivity index (χ4v) is 2.38. The zero-order valence-corrected chi connectivity index (χ0v) is 13.6. The summed E-state index contributed by atoms with van der Waals surface area (Å²) >= 11 is 0. The highest BCUT2D eigenvalue weighted by atomic mass is 19.1. The summed E-state index contributed by atoms with van der Waals surface area (Å²) < 4.78 is 18.8. The molecule has 0 bridgehead atoms. The summed E-state index contributed by atoms with van der Waals surface area (Å²) in [5.41, 5.74) is 2.05. The molecule has 0 spiro atoms. The van der Waals surface area contributed by atoms with Gasteiger partial charge in [0.05, 0.1) is 12.2 Å². The molecule has 1 N–H and O–H groups in total. The van der Waals surface area contributed by atoms with Crippen molar-refractivity contribution in [1.82, 2.24) is 0 Å². The molecule has 122 valence electrons. The van der Waals surface area contributed by atoms with E-state index in [9.17, 15) is 9.18 Å². The number of aryl methyl sites for hydroxylation is 1. The largest absolute Gasteiger partial charge is 0.492 e. The Balaban J connectivity index is 2.05. The maximum atomic E-state index is 13.0. The predicted octanol–water partition coefficient (Wildman–Crippen LogP) is 4.81. The average Bonchev–Trinajstić information content (AvgIpc) is 2.53. The number of nitrogens with one attached hydrogen (secondary N) is 1. The lowest BCUT2D eigenvalue weighted by Crippen LogP contribution is -2.13. The number of hydrogen-bond donors (Lipinski definition) is 1. The Morgan fingerprint density at radius 2 is 2.17 bits per heavy atom. The van der Waals surface area contributed by atoms with E-state index in [1.54, 1.807) is 19.1 Å². The van der Waals surface area contributed by atoms with Crippen LogP contribution >= 0.6 is 0 Å². The second kappa shape index (κ2) is 7.86. The maximum Gasteiger partial charge on any atom is 0.166 e. The molecular weight excluding hydrogens is 293 g/mol. The summed E-state index contributed by atoms with van der Waals surface area (Å²) in [6, 6.07) is 5.54. The van der Waals surface area contributed by atoms with E-state index in [0.717, 1.165) is 5.56 Å². The number of rotatable bonds is 7. The van der Waals surface area contributed by atoms with Gasteiger partial charge in [-0.25, -0.2) is 4.39 Å². The first kappa shape index (κ1) is 17.1. The van der Waals surface area contributed by atoms with Crippen LogP contribution in [0.4, 0.5) is 4.39 Å². The normalized spacial score (nSPS) is 16.8. The first-order valence-corrected chi connectivity index (χ1v) is 7.80. The minimum atomic E-state index is -0.213. The molecule has 1 atom stereocenters. The SMILES string of the molecule is CC(=N)CCC(=O)c1cc(C)ccc1OCC1C=CC(F)=CC1. The van der Waals surface area contributed by atoms with Gasteiger partial charge in [-0.1, -0.05) is 17.7 Å².